The maximum atomic E-state index is 13.8. The normalized spacial score (nSPS) is 17.8. The van der Waals surface area contributed by atoms with Crippen molar-refractivity contribution < 1.29 is 19.2 Å². The Hall–Kier alpha value is -7.26. The zero-order chi connectivity index (χ0) is 55.2. The Morgan fingerprint density at radius 2 is 0.975 bits per heavy atom. The van der Waals surface area contributed by atoms with E-state index >= 15 is 0 Å². The van der Waals surface area contributed by atoms with E-state index in [2.05, 4.69) is 85.7 Å². The Bertz CT molecular complexity index is 2960. The van der Waals surface area contributed by atoms with Crippen molar-refractivity contribution in [3.05, 3.63) is 232 Å². The molecule has 410 valence electrons. The molecule has 13 heteroatoms. The third-order valence-corrected chi connectivity index (χ3v) is 15.4. The van der Waals surface area contributed by atoms with E-state index < -0.39 is 0 Å². The first kappa shape index (κ1) is 57.9. The van der Waals surface area contributed by atoms with Crippen molar-refractivity contribution in [2.75, 3.05) is 52.4 Å². The number of halogens is 1. The van der Waals surface area contributed by atoms with Crippen LogP contribution in [0, 0.1) is 0 Å². The number of carbonyl (C=O) groups is 4. The van der Waals surface area contributed by atoms with E-state index in [1.807, 2.05) is 149 Å². The number of hydrogen-bond donors (Lipinski definition) is 6. The lowest BCUT2D eigenvalue weighted by Crippen LogP contribution is -2.49. The van der Waals surface area contributed by atoms with Crippen LogP contribution in [0.15, 0.2) is 199 Å². The highest BCUT2D eigenvalue weighted by atomic mass is 79.9. The molecule has 0 aliphatic carbocycles. The van der Waals surface area contributed by atoms with Gasteiger partial charge in [-0.1, -0.05) is 180 Å². The third kappa shape index (κ3) is 17.1. The second-order valence-electron chi connectivity index (χ2n) is 20.5. The molecule has 0 unspecified atom stereocenters. The Morgan fingerprint density at radius 3 is 1.43 bits per heavy atom. The molecule has 8 N–H and O–H groups in total. The summed E-state index contributed by atoms with van der Waals surface area (Å²) >= 11 is 3.50. The number of benzene rings is 7. The fraction of sp³-hybridized carbons (Fsp3) is 0.303. The van der Waals surface area contributed by atoms with Crippen molar-refractivity contribution in [2.45, 2.75) is 74.5 Å². The lowest BCUT2D eigenvalue weighted by atomic mass is 9.90. The number of carbonyl (C=O) groups excluding carboxylic acids is 4. The average Bonchev–Trinajstić information content (AvgIpc) is 3.75. The topological polar surface area (TPSA) is 175 Å². The van der Waals surface area contributed by atoms with Gasteiger partial charge in [-0.05, 0) is 121 Å². The SMILES string of the molecule is NCCC[C@@H]1N[C@H](CNC(=O)C=Cc2ccccc2)CCN(CC(c2ccccc2)c2ccccc2)C1=O.NCCC[C@@H]1N[C@H](CNC(=O)c2ccc3cc(Br)ccc3c2)CCN(CC(c2ccccc2)c2ccccc2)C1=O. The van der Waals surface area contributed by atoms with Crippen molar-refractivity contribution in [3.8, 4) is 0 Å². The Balaban J connectivity index is 0.000000209. The Morgan fingerprint density at radius 1 is 0.557 bits per heavy atom. The highest BCUT2D eigenvalue weighted by Gasteiger charge is 2.34. The van der Waals surface area contributed by atoms with Crippen LogP contribution < -0.4 is 32.7 Å². The van der Waals surface area contributed by atoms with Crippen molar-refractivity contribution in [1.82, 2.24) is 31.1 Å². The Kier molecular flexibility index (Phi) is 22.1. The van der Waals surface area contributed by atoms with Crippen LogP contribution in [0.2, 0.25) is 0 Å². The van der Waals surface area contributed by atoms with E-state index in [1.165, 1.54) is 22.3 Å². The van der Waals surface area contributed by atoms with E-state index in [0.717, 1.165) is 46.5 Å². The number of nitrogens with one attached hydrogen (secondary N) is 4. The minimum atomic E-state index is -0.339. The van der Waals surface area contributed by atoms with Crippen molar-refractivity contribution >= 4 is 56.4 Å². The van der Waals surface area contributed by atoms with Crippen LogP contribution in [0.4, 0.5) is 0 Å². The zero-order valence-corrected chi connectivity index (χ0v) is 46.6. The summed E-state index contributed by atoms with van der Waals surface area (Å²) in [6, 6.07) is 62.3. The molecule has 12 nitrogen and oxygen atoms in total. The molecule has 2 fully saturated rings. The summed E-state index contributed by atoms with van der Waals surface area (Å²) < 4.78 is 1.01. The van der Waals surface area contributed by atoms with Gasteiger partial charge in [0, 0.05) is 79.3 Å². The van der Waals surface area contributed by atoms with Gasteiger partial charge >= 0.3 is 0 Å². The first-order chi connectivity index (χ1) is 38.6. The summed E-state index contributed by atoms with van der Waals surface area (Å²) in [4.78, 5) is 57.1. The minimum Gasteiger partial charge on any atom is -0.351 e. The molecule has 0 bridgehead atoms. The summed E-state index contributed by atoms with van der Waals surface area (Å²) in [5.74, 6) is 0.0979. The molecule has 0 spiro atoms. The summed E-state index contributed by atoms with van der Waals surface area (Å²) in [5.41, 5.74) is 18.0. The summed E-state index contributed by atoms with van der Waals surface area (Å²) in [6.45, 7) is 4.41. The first-order valence-electron chi connectivity index (χ1n) is 27.8. The second kappa shape index (κ2) is 30.2. The Labute approximate surface area is 474 Å². The molecule has 7 aromatic carbocycles. The zero-order valence-electron chi connectivity index (χ0n) is 45.0. The van der Waals surface area contributed by atoms with Crippen LogP contribution >= 0.6 is 15.9 Å². The smallest absolute Gasteiger partial charge is 0.251 e. The molecule has 2 aliphatic heterocycles. The van der Waals surface area contributed by atoms with Crippen LogP contribution in [0.3, 0.4) is 0 Å². The number of hydrogen-bond acceptors (Lipinski definition) is 8. The molecule has 2 heterocycles. The number of rotatable bonds is 21. The largest absolute Gasteiger partial charge is 0.351 e. The molecule has 4 amide bonds. The summed E-state index contributed by atoms with van der Waals surface area (Å²) in [7, 11) is 0. The lowest BCUT2D eigenvalue weighted by molar-refractivity contribution is -0.133. The van der Waals surface area contributed by atoms with E-state index in [-0.39, 0.29) is 59.6 Å². The summed E-state index contributed by atoms with van der Waals surface area (Å²) in [5, 5.41) is 15.3. The molecule has 0 aromatic heterocycles. The molecule has 0 radical (unpaired) electrons. The van der Waals surface area contributed by atoms with E-state index in [9.17, 15) is 19.2 Å². The first-order valence-corrected chi connectivity index (χ1v) is 28.6. The van der Waals surface area contributed by atoms with Gasteiger partial charge in [-0.3, -0.25) is 19.2 Å². The third-order valence-electron chi connectivity index (χ3n) is 14.9. The fourth-order valence-corrected chi connectivity index (χ4v) is 11.0. The van der Waals surface area contributed by atoms with Gasteiger partial charge in [-0.2, -0.15) is 0 Å². The van der Waals surface area contributed by atoms with Crippen molar-refractivity contribution in [2.24, 2.45) is 11.5 Å². The molecule has 2 aliphatic rings. The average molecular weight is 1120 g/mol. The number of nitrogens with two attached hydrogens (primary N) is 2. The maximum absolute atomic E-state index is 13.8. The van der Waals surface area contributed by atoms with E-state index in [1.54, 1.807) is 12.2 Å². The standard InChI is InChI=1S/C34H37BrN4O2.C32H38N4O2/c35-29-16-15-26-20-28(14-13-27(26)21-29)33(40)37-22-30-17-19-39(34(41)32(38-30)12-7-18-36)23-31(24-8-3-1-4-9-24)25-10-5-2-6-11-25;33-21-10-17-30-32(38)36(24-29(26-13-6-2-7-14-26)27-15-8-3-9-16-27)22-20-28(35-30)23-34-31(37)19-18-25-11-4-1-5-12-25/h1-6,8-11,13-16,20-21,30-32,38H,7,12,17-19,22-23,36H2,(H,37,40);1-9,11-16,18-19,28-30,35H,10,17,20-24,33H2,(H,34,37)/t30-,32-;28-,30-/m00/s1. The van der Waals surface area contributed by atoms with Gasteiger partial charge in [-0.25, -0.2) is 0 Å². The van der Waals surface area contributed by atoms with Gasteiger partial charge in [0.2, 0.25) is 17.7 Å². The summed E-state index contributed by atoms with van der Waals surface area (Å²) in [6.07, 6.45) is 7.71. The highest BCUT2D eigenvalue weighted by molar-refractivity contribution is 9.10. The van der Waals surface area contributed by atoms with Crippen LogP contribution in [-0.2, 0) is 14.4 Å². The lowest BCUT2D eigenvalue weighted by Gasteiger charge is -2.29. The predicted molar refractivity (Wildman–Crippen MR) is 322 cm³/mol. The van der Waals surface area contributed by atoms with Gasteiger partial charge in [0.05, 0.1) is 12.1 Å². The fourth-order valence-electron chi connectivity index (χ4n) is 10.6. The minimum absolute atomic E-state index is 0.00676. The number of nitrogens with zero attached hydrogens (tertiary/aromatic N) is 2. The van der Waals surface area contributed by atoms with Crippen LogP contribution in [-0.4, -0.2) is 110 Å². The predicted octanol–water partition coefficient (Wildman–Crippen LogP) is 9.41. The highest BCUT2D eigenvalue weighted by Crippen LogP contribution is 2.29. The van der Waals surface area contributed by atoms with Crippen molar-refractivity contribution in [1.29, 1.82) is 0 Å². The molecule has 2 saturated heterocycles. The molecule has 9 rings (SSSR count). The van der Waals surface area contributed by atoms with Crippen LogP contribution in [0.25, 0.3) is 16.8 Å². The van der Waals surface area contributed by atoms with Gasteiger partial charge in [0.15, 0.2) is 0 Å². The molecule has 0 saturated carbocycles. The van der Waals surface area contributed by atoms with Gasteiger partial charge in [-0.15, -0.1) is 0 Å². The maximum Gasteiger partial charge on any atom is 0.251 e. The number of amides is 4. The number of fused-ring (bicyclic) bond motifs is 1. The van der Waals surface area contributed by atoms with Crippen molar-refractivity contribution in [3.63, 3.8) is 0 Å². The van der Waals surface area contributed by atoms with Gasteiger partial charge in [0.25, 0.3) is 5.91 Å². The molecule has 7 aromatic rings. The van der Waals surface area contributed by atoms with Crippen LogP contribution in [0.1, 0.15) is 88.5 Å². The van der Waals surface area contributed by atoms with Crippen LogP contribution in [0.5, 0.6) is 0 Å². The quantitative estimate of drug-likeness (QED) is 0.0386. The molecule has 4 atom stereocenters. The van der Waals surface area contributed by atoms with Gasteiger partial charge < -0.3 is 42.5 Å². The molecular weight excluding hydrogens is 1050 g/mol. The second-order valence-corrected chi connectivity index (χ2v) is 21.4. The molecular formula is C66H75BrN8O4. The molecule has 79 heavy (non-hydrogen) atoms. The van der Waals surface area contributed by atoms with E-state index in [0.29, 0.717) is 70.8 Å². The van der Waals surface area contributed by atoms with E-state index in [4.69, 9.17) is 11.5 Å². The van der Waals surface area contributed by atoms with Gasteiger partial charge in [0.1, 0.15) is 0 Å². The monoisotopic (exact) mass is 1120 g/mol.